The van der Waals surface area contributed by atoms with Crippen LogP contribution in [0, 0.1) is 0 Å². The lowest BCUT2D eigenvalue weighted by Gasteiger charge is -2.36. The molecule has 26 heavy (non-hydrogen) atoms. The van der Waals surface area contributed by atoms with Crippen LogP contribution in [0.15, 0.2) is 24.3 Å². The van der Waals surface area contributed by atoms with Crippen LogP contribution in [0.25, 0.3) is 0 Å². The van der Waals surface area contributed by atoms with Crippen LogP contribution in [0.1, 0.15) is 39.5 Å². The van der Waals surface area contributed by atoms with Crippen molar-refractivity contribution in [1.82, 2.24) is 10.2 Å². The van der Waals surface area contributed by atoms with Gasteiger partial charge in [0.1, 0.15) is 5.75 Å². The van der Waals surface area contributed by atoms with E-state index in [1.54, 1.807) is 11.8 Å². The Kier molecular flexibility index (Phi) is 6.14. The minimum atomic E-state index is -0.517. The van der Waals surface area contributed by atoms with Gasteiger partial charge < -0.3 is 19.9 Å². The van der Waals surface area contributed by atoms with E-state index in [0.29, 0.717) is 24.8 Å². The van der Waals surface area contributed by atoms with Gasteiger partial charge in [0.15, 0.2) is 6.10 Å². The number of rotatable bonds is 6. The molecule has 2 heterocycles. The Balaban J connectivity index is 1.68. The number of benzene rings is 1. The molecule has 1 saturated heterocycles. The number of ether oxygens (including phenoxy) is 1. The highest BCUT2D eigenvalue weighted by molar-refractivity contribution is 6.00. The number of nitrogens with zero attached hydrogens (tertiary/aromatic N) is 2. The third kappa shape index (κ3) is 4.01. The minimum Gasteiger partial charge on any atom is -0.479 e. The number of anilines is 1. The van der Waals surface area contributed by atoms with Gasteiger partial charge in [0.05, 0.1) is 5.69 Å². The zero-order chi connectivity index (χ0) is 18.5. The number of carbonyl (C=O) groups excluding carboxylic acids is 2. The number of para-hydroxylation sites is 2. The van der Waals surface area contributed by atoms with Gasteiger partial charge in [-0.25, -0.2) is 0 Å². The summed E-state index contributed by atoms with van der Waals surface area (Å²) in [6.07, 6.45) is 2.78. The van der Waals surface area contributed by atoms with Crippen LogP contribution in [0.5, 0.6) is 5.75 Å². The zero-order valence-electron chi connectivity index (χ0n) is 15.7. The highest BCUT2D eigenvalue weighted by Crippen LogP contribution is 2.33. The van der Waals surface area contributed by atoms with Crippen molar-refractivity contribution >= 4 is 17.5 Å². The van der Waals surface area contributed by atoms with E-state index in [9.17, 15) is 9.59 Å². The molecule has 1 aromatic rings. The average Bonchev–Trinajstić information content (AvgIpc) is 2.67. The van der Waals surface area contributed by atoms with E-state index in [1.165, 1.54) is 0 Å². The van der Waals surface area contributed by atoms with Gasteiger partial charge in [0.2, 0.25) is 5.91 Å². The highest BCUT2D eigenvalue weighted by Gasteiger charge is 2.32. The Morgan fingerprint density at radius 1 is 1.31 bits per heavy atom. The van der Waals surface area contributed by atoms with Gasteiger partial charge in [-0.2, -0.15) is 0 Å². The molecule has 0 aliphatic carbocycles. The first-order valence-electron chi connectivity index (χ1n) is 9.69. The predicted octanol–water partition coefficient (Wildman–Crippen LogP) is 2.18. The Morgan fingerprint density at radius 2 is 2.04 bits per heavy atom. The second kappa shape index (κ2) is 8.54. The first kappa shape index (κ1) is 18.7. The quantitative estimate of drug-likeness (QED) is 0.846. The van der Waals surface area contributed by atoms with Crippen molar-refractivity contribution in [3.8, 4) is 5.75 Å². The van der Waals surface area contributed by atoms with Crippen molar-refractivity contribution in [2.24, 2.45) is 0 Å². The zero-order valence-corrected chi connectivity index (χ0v) is 15.7. The van der Waals surface area contributed by atoms with E-state index >= 15 is 0 Å². The van der Waals surface area contributed by atoms with Crippen LogP contribution in [0.4, 0.5) is 5.69 Å². The van der Waals surface area contributed by atoms with Crippen molar-refractivity contribution in [3.63, 3.8) is 0 Å². The Hall–Kier alpha value is -2.08. The summed E-state index contributed by atoms with van der Waals surface area (Å²) in [6.45, 7) is 6.97. The number of hydrogen-bond donors (Lipinski definition) is 1. The summed E-state index contributed by atoms with van der Waals surface area (Å²) in [5, 5.41) is 3.35. The van der Waals surface area contributed by atoms with Crippen LogP contribution < -0.4 is 15.0 Å². The van der Waals surface area contributed by atoms with Crippen molar-refractivity contribution < 1.29 is 14.3 Å². The van der Waals surface area contributed by atoms with Crippen LogP contribution in [0.3, 0.4) is 0 Å². The summed E-state index contributed by atoms with van der Waals surface area (Å²) in [5.41, 5.74) is 0.757. The second-order valence-corrected chi connectivity index (χ2v) is 7.04. The number of fused-ring (bicyclic) bond motifs is 1. The fraction of sp³-hybridized carbons (Fsp3) is 0.600. The smallest absolute Gasteiger partial charge is 0.267 e. The summed E-state index contributed by atoms with van der Waals surface area (Å²) < 4.78 is 5.67. The maximum Gasteiger partial charge on any atom is 0.267 e. The lowest BCUT2D eigenvalue weighted by molar-refractivity contribution is -0.134. The maximum atomic E-state index is 12.9. The molecule has 142 valence electrons. The van der Waals surface area contributed by atoms with Crippen molar-refractivity contribution in [3.05, 3.63) is 24.3 Å². The predicted molar refractivity (Wildman–Crippen MR) is 101 cm³/mol. The molecule has 1 N–H and O–H groups in total. The molecule has 6 nitrogen and oxygen atoms in total. The van der Waals surface area contributed by atoms with Crippen LogP contribution in [-0.4, -0.2) is 55.0 Å². The monoisotopic (exact) mass is 359 g/mol. The maximum absolute atomic E-state index is 12.9. The third-order valence-electron chi connectivity index (χ3n) is 5.16. The van der Waals surface area contributed by atoms with Crippen LogP contribution in [-0.2, 0) is 9.59 Å². The van der Waals surface area contributed by atoms with Gasteiger partial charge in [-0.15, -0.1) is 0 Å². The van der Waals surface area contributed by atoms with E-state index in [2.05, 4.69) is 12.2 Å². The Bertz CT molecular complexity index is 643. The van der Waals surface area contributed by atoms with Gasteiger partial charge in [0, 0.05) is 25.6 Å². The molecule has 1 unspecified atom stereocenters. The van der Waals surface area contributed by atoms with Crippen molar-refractivity contribution in [2.75, 3.05) is 31.1 Å². The second-order valence-electron chi connectivity index (χ2n) is 7.04. The van der Waals surface area contributed by atoms with Gasteiger partial charge in [-0.05, 0) is 51.4 Å². The molecule has 0 aromatic heterocycles. The highest BCUT2D eigenvalue weighted by atomic mass is 16.5. The molecule has 3 rings (SSSR count). The normalized spacial score (nSPS) is 20.5. The van der Waals surface area contributed by atoms with Crippen molar-refractivity contribution in [2.45, 2.75) is 51.7 Å². The number of carbonyl (C=O) groups is 2. The van der Waals surface area contributed by atoms with Gasteiger partial charge in [-0.3, -0.25) is 9.59 Å². The van der Waals surface area contributed by atoms with Gasteiger partial charge in [0.25, 0.3) is 5.91 Å². The molecule has 2 aliphatic heterocycles. The molecule has 6 heteroatoms. The number of hydrogen-bond acceptors (Lipinski definition) is 4. The largest absolute Gasteiger partial charge is 0.479 e. The topological polar surface area (TPSA) is 61.9 Å². The van der Waals surface area contributed by atoms with Gasteiger partial charge in [-0.1, -0.05) is 19.1 Å². The molecule has 1 aromatic carbocycles. The average molecular weight is 359 g/mol. The fourth-order valence-corrected chi connectivity index (χ4v) is 3.81. The Labute approximate surface area is 155 Å². The summed E-state index contributed by atoms with van der Waals surface area (Å²) in [4.78, 5) is 29.2. The fourth-order valence-electron chi connectivity index (χ4n) is 3.81. The standard InChI is InChI=1S/C20H29N3O3/c1-3-13-22(16-8-11-21-12-9-16)19(24)10-14-23-17-6-4-5-7-18(17)26-15(2)20(23)25/h4-7,15-16,21H,3,8-14H2,1-2H3. The Morgan fingerprint density at radius 3 is 2.77 bits per heavy atom. The molecular formula is C20H29N3O3. The molecular weight excluding hydrogens is 330 g/mol. The lowest BCUT2D eigenvalue weighted by atomic mass is 10.0. The van der Waals surface area contributed by atoms with Crippen molar-refractivity contribution in [1.29, 1.82) is 0 Å². The first-order valence-corrected chi connectivity index (χ1v) is 9.69. The number of piperidine rings is 1. The molecule has 1 atom stereocenters. The molecule has 2 aliphatic rings. The molecule has 0 spiro atoms. The molecule has 0 radical (unpaired) electrons. The van der Waals surface area contributed by atoms with Gasteiger partial charge >= 0.3 is 0 Å². The van der Waals surface area contributed by atoms with Crippen LogP contribution in [0.2, 0.25) is 0 Å². The summed E-state index contributed by atoms with van der Waals surface area (Å²) in [6, 6.07) is 7.84. The van der Waals surface area contributed by atoms with E-state index in [4.69, 9.17) is 4.74 Å². The number of amides is 2. The van der Waals surface area contributed by atoms with E-state index in [0.717, 1.165) is 44.6 Å². The minimum absolute atomic E-state index is 0.0830. The lowest BCUT2D eigenvalue weighted by Crippen LogP contribution is -2.49. The molecule has 2 amide bonds. The third-order valence-corrected chi connectivity index (χ3v) is 5.16. The first-order chi connectivity index (χ1) is 12.6. The molecule has 0 saturated carbocycles. The van der Waals surface area contributed by atoms with E-state index in [-0.39, 0.29) is 11.8 Å². The summed E-state index contributed by atoms with van der Waals surface area (Å²) >= 11 is 0. The van der Waals surface area contributed by atoms with E-state index in [1.807, 2.05) is 29.2 Å². The summed E-state index contributed by atoms with van der Waals surface area (Å²) in [7, 11) is 0. The molecule has 1 fully saturated rings. The van der Waals surface area contributed by atoms with E-state index < -0.39 is 6.10 Å². The number of nitrogens with one attached hydrogen (secondary N) is 1. The van der Waals surface area contributed by atoms with Crippen LogP contribution >= 0.6 is 0 Å². The SMILES string of the molecule is CCCN(C(=O)CCN1C(=O)C(C)Oc2ccccc21)C1CCNCC1. The summed E-state index contributed by atoms with van der Waals surface area (Å²) in [5.74, 6) is 0.763. The molecule has 0 bridgehead atoms.